The van der Waals surface area contributed by atoms with Crippen LogP contribution in [-0.4, -0.2) is 25.0 Å². The van der Waals surface area contributed by atoms with E-state index in [1.807, 2.05) is 37.3 Å². The summed E-state index contributed by atoms with van der Waals surface area (Å²) < 4.78 is 19.2. The molecular formula is C24H23FN2O3. The number of para-hydroxylation sites is 2. The van der Waals surface area contributed by atoms with E-state index in [4.69, 9.17) is 4.74 Å². The predicted octanol–water partition coefficient (Wildman–Crippen LogP) is 4.38. The number of halogens is 1. The Kier molecular flexibility index (Phi) is 7.16. The van der Waals surface area contributed by atoms with Crippen LogP contribution in [0.4, 0.5) is 10.1 Å². The van der Waals surface area contributed by atoms with Gasteiger partial charge in [0.05, 0.1) is 11.3 Å². The fraction of sp³-hybridized carbons (Fsp3) is 0.167. The molecule has 3 aromatic carbocycles. The van der Waals surface area contributed by atoms with Gasteiger partial charge in [-0.25, -0.2) is 4.39 Å². The fourth-order valence-electron chi connectivity index (χ4n) is 2.91. The summed E-state index contributed by atoms with van der Waals surface area (Å²) in [6.07, 6.45) is 0. The Morgan fingerprint density at radius 1 is 0.933 bits per heavy atom. The summed E-state index contributed by atoms with van der Waals surface area (Å²) in [5.74, 6) is -0.908. The van der Waals surface area contributed by atoms with E-state index >= 15 is 0 Å². The van der Waals surface area contributed by atoms with Gasteiger partial charge in [0.1, 0.15) is 11.6 Å². The highest BCUT2D eigenvalue weighted by Crippen LogP contribution is 2.19. The van der Waals surface area contributed by atoms with E-state index in [0.717, 1.165) is 5.56 Å². The Hall–Kier alpha value is -3.67. The van der Waals surface area contributed by atoms with Gasteiger partial charge in [-0.05, 0) is 35.7 Å². The molecule has 30 heavy (non-hydrogen) atoms. The van der Waals surface area contributed by atoms with E-state index in [9.17, 15) is 14.0 Å². The second-order valence-electron chi connectivity index (χ2n) is 6.83. The van der Waals surface area contributed by atoms with Crippen LogP contribution in [0.25, 0.3) is 0 Å². The molecular weight excluding hydrogens is 383 g/mol. The van der Waals surface area contributed by atoms with Crippen molar-refractivity contribution in [2.45, 2.75) is 12.8 Å². The zero-order chi connectivity index (χ0) is 21.3. The van der Waals surface area contributed by atoms with E-state index in [2.05, 4.69) is 10.6 Å². The van der Waals surface area contributed by atoms with Gasteiger partial charge in [-0.3, -0.25) is 9.59 Å². The highest BCUT2D eigenvalue weighted by molar-refractivity contribution is 5.97. The number of rotatable bonds is 8. The molecule has 2 amide bonds. The van der Waals surface area contributed by atoms with Crippen molar-refractivity contribution in [3.63, 3.8) is 0 Å². The van der Waals surface area contributed by atoms with E-state index in [1.54, 1.807) is 30.3 Å². The molecule has 1 unspecified atom stereocenters. The molecule has 0 bridgehead atoms. The first-order chi connectivity index (χ1) is 14.5. The lowest BCUT2D eigenvalue weighted by Crippen LogP contribution is -2.28. The van der Waals surface area contributed by atoms with Gasteiger partial charge >= 0.3 is 0 Å². The molecule has 0 aliphatic carbocycles. The van der Waals surface area contributed by atoms with Gasteiger partial charge in [0, 0.05) is 6.54 Å². The van der Waals surface area contributed by atoms with Crippen LogP contribution in [0, 0.1) is 5.82 Å². The number of anilines is 1. The van der Waals surface area contributed by atoms with Crippen LogP contribution in [0.15, 0.2) is 78.9 Å². The van der Waals surface area contributed by atoms with Crippen LogP contribution in [-0.2, 0) is 4.79 Å². The number of carbonyl (C=O) groups excluding carboxylic acids is 2. The first-order valence-corrected chi connectivity index (χ1v) is 9.64. The molecule has 3 aromatic rings. The van der Waals surface area contributed by atoms with E-state index in [-0.39, 0.29) is 29.9 Å². The summed E-state index contributed by atoms with van der Waals surface area (Å²) in [6.45, 7) is 2.15. The minimum absolute atomic E-state index is 0.0760. The third kappa shape index (κ3) is 5.67. The summed E-state index contributed by atoms with van der Waals surface area (Å²) >= 11 is 0. The van der Waals surface area contributed by atoms with Gasteiger partial charge in [-0.1, -0.05) is 61.5 Å². The minimum Gasteiger partial charge on any atom is -0.483 e. The second kappa shape index (κ2) is 10.2. The van der Waals surface area contributed by atoms with E-state index < -0.39 is 11.7 Å². The molecule has 0 radical (unpaired) electrons. The molecule has 0 saturated heterocycles. The Morgan fingerprint density at radius 2 is 1.60 bits per heavy atom. The fourth-order valence-corrected chi connectivity index (χ4v) is 2.91. The molecule has 154 valence electrons. The highest BCUT2D eigenvalue weighted by Gasteiger charge is 2.15. The standard InChI is InChI=1S/C24H23FN2O3/c1-17(18-9-3-2-4-10-18)15-26-24(29)19-11-5-8-14-22(19)30-16-23(28)27-21-13-7-6-12-20(21)25/h2-14,17H,15-16H2,1H3,(H,26,29)(H,27,28). The van der Waals surface area contributed by atoms with Crippen LogP contribution in [0.5, 0.6) is 5.75 Å². The average Bonchev–Trinajstić information content (AvgIpc) is 2.78. The lowest BCUT2D eigenvalue weighted by molar-refractivity contribution is -0.118. The number of nitrogens with one attached hydrogen (secondary N) is 2. The Balaban J connectivity index is 1.57. The van der Waals surface area contributed by atoms with Crippen molar-refractivity contribution in [2.75, 3.05) is 18.5 Å². The van der Waals surface area contributed by atoms with Gasteiger partial charge in [0.2, 0.25) is 0 Å². The zero-order valence-corrected chi connectivity index (χ0v) is 16.6. The maximum Gasteiger partial charge on any atom is 0.262 e. The Labute approximate surface area is 174 Å². The van der Waals surface area contributed by atoms with Crippen molar-refractivity contribution in [2.24, 2.45) is 0 Å². The maximum absolute atomic E-state index is 13.6. The van der Waals surface area contributed by atoms with Gasteiger partial charge in [0.15, 0.2) is 6.61 Å². The molecule has 0 fully saturated rings. The summed E-state index contributed by atoms with van der Waals surface area (Å²) in [5, 5.41) is 5.35. The molecule has 5 nitrogen and oxygen atoms in total. The summed E-state index contributed by atoms with van der Waals surface area (Å²) in [4.78, 5) is 24.7. The van der Waals surface area contributed by atoms with Crippen LogP contribution < -0.4 is 15.4 Å². The third-order valence-electron chi connectivity index (χ3n) is 4.58. The summed E-state index contributed by atoms with van der Waals surface area (Å²) in [5.41, 5.74) is 1.54. The number of hydrogen-bond acceptors (Lipinski definition) is 3. The molecule has 0 aliphatic heterocycles. The van der Waals surface area contributed by atoms with Gasteiger partial charge in [-0.15, -0.1) is 0 Å². The normalized spacial score (nSPS) is 11.4. The van der Waals surface area contributed by atoms with Crippen molar-refractivity contribution < 1.29 is 18.7 Å². The smallest absolute Gasteiger partial charge is 0.262 e. The summed E-state index contributed by atoms with van der Waals surface area (Å²) in [7, 11) is 0. The maximum atomic E-state index is 13.6. The van der Waals surface area contributed by atoms with Crippen molar-refractivity contribution >= 4 is 17.5 Å². The minimum atomic E-state index is -0.529. The van der Waals surface area contributed by atoms with Crippen molar-refractivity contribution in [1.82, 2.24) is 5.32 Å². The van der Waals surface area contributed by atoms with Gasteiger partial charge < -0.3 is 15.4 Å². The van der Waals surface area contributed by atoms with Crippen LogP contribution in [0.2, 0.25) is 0 Å². The quantitative estimate of drug-likeness (QED) is 0.584. The predicted molar refractivity (Wildman–Crippen MR) is 114 cm³/mol. The molecule has 1 atom stereocenters. The lowest BCUT2D eigenvalue weighted by Gasteiger charge is -2.15. The zero-order valence-electron chi connectivity index (χ0n) is 16.6. The number of benzene rings is 3. The van der Waals surface area contributed by atoms with Crippen LogP contribution >= 0.6 is 0 Å². The van der Waals surface area contributed by atoms with E-state index in [0.29, 0.717) is 12.1 Å². The Morgan fingerprint density at radius 3 is 2.37 bits per heavy atom. The largest absolute Gasteiger partial charge is 0.483 e. The number of ether oxygens (including phenoxy) is 1. The molecule has 0 aromatic heterocycles. The number of hydrogen-bond donors (Lipinski definition) is 2. The molecule has 2 N–H and O–H groups in total. The van der Waals surface area contributed by atoms with Crippen LogP contribution in [0.1, 0.15) is 28.8 Å². The SMILES string of the molecule is CC(CNC(=O)c1ccccc1OCC(=O)Nc1ccccc1F)c1ccccc1. The van der Waals surface area contributed by atoms with Crippen LogP contribution in [0.3, 0.4) is 0 Å². The monoisotopic (exact) mass is 406 g/mol. The van der Waals surface area contributed by atoms with Crippen molar-refractivity contribution in [3.8, 4) is 5.75 Å². The molecule has 0 heterocycles. The molecule has 0 spiro atoms. The lowest BCUT2D eigenvalue weighted by atomic mass is 10.0. The number of amides is 2. The highest BCUT2D eigenvalue weighted by atomic mass is 19.1. The molecule has 3 rings (SSSR count). The number of carbonyl (C=O) groups is 2. The summed E-state index contributed by atoms with van der Waals surface area (Å²) in [6, 6.07) is 22.5. The third-order valence-corrected chi connectivity index (χ3v) is 4.58. The Bertz CT molecular complexity index is 1010. The van der Waals surface area contributed by atoms with E-state index in [1.165, 1.54) is 18.2 Å². The second-order valence-corrected chi connectivity index (χ2v) is 6.83. The van der Waals surface area contributed by atoms with Crippen molar-refractivity contribution in [1.29, 1.82) is 0 Å². The molecule has 0 aliphatic rings. The van der Waals surface area contributed by atoms with Crippen molar-refractivity contribution in [3.05, 3.63) is 95.8 Å². The first kappa shape index (κ1) is 21.0. The average molecular weight is 406 g/mol. The first-order valence-electron chi connectivity index (χ1n) is 9.64. The molecule has 6 heteroatoms. The van der Waals surface area contributed by atoms with Gasteiger partial charge in [-0.2, -0.15) is 0 Å². The topological polar surface area (TPSA) is 67.4 Å². The molecule has 0 saturated carbocycles. The van der Waals surface area contributed by atoms with Gasteiger partial charge in [0.25, 0.3) is 11.8 Å².